The Kier molecular flexibility index (Phi) is 5.81. The molecule has 2 aromatic carbocycles. The summed E-state index contributed by atoms with van der Waals surface area (Å²) in [6.07, 6.45) is 3.50. The molecule has 0 amide bonds. The van der Waals surface area contributed by atoms with Gasteiger partial charge in [-0.2, -0.15) is 0 Å². The molecule has 0 aliphatic carbocycles. The van der Waals surface area contributed by atoms with E-state index < -0.39 is 0 Å². The van der Waals surface area contributed by atoms with Crippen molar-refractivity contribution in [1.29, 1.82) is 0 Å². The highest BCUT2D eigenvalue weighted by Crippen LogP contribution is 2.28. The number of aryl methyl sites for hydroxylation is 1. The molecule has 5 aromatic rings. The highest BCUT2D eigenvalue weighted by Gasteiger charge is 2.11. The molecule has 2 N–H and O–H groups in total. The number of aromatic nitrogens is 4. The van der Waals surface area contributed by atoms with Gasteiger partial charge in [0, 0.05) is 35.6 Å². The molecule has 0 spiro atoms. The van der Waals surface area contributed by atoms with Crippen LogP contribution in [-0.2, 0) is 6.61 Å². The van der Waals surface area contributed by atoms with E-state index in [0.29, 0.717) is 5.82 Å². The number of nitrogens with zero attached hydrogens (tertiary/aromatic N) is 4. The Morgan fingerprint density at radius 3 is 2.76 bits per heavy atom. The van der Waals surface area contributed by atoms with Crippen LogP contribution in [0.1, 0.15) is 29.9 Å². The van der Waals surface area contributed by atoms with Crippen molar-refractivity contribution in [3.05, 3.63) is 89.5 Å². The van der Waals surface area contributed by atoms with Crippen molar-refractivity contribution >= 4 is 27.4 Å². The number of rotatable bonds is 6. The van der Waals surface area contributed by atoms with E-state index in [-0.39, 0.29) is 12.6 Å². The molecule has 164 valence electrons. The summed E-state index contributed by atoms with van der Waals surface area (Å²) < 4.78 is 1.14. The zero-order valence-corrected chi connectivity index (χ0v) is 19.2. The third kappa shape index (κ3) is 4.60. The maximum absolute atomic E-state index is 9.42. The van der Waals surface area contributed by atoms with E-state index in [0.717, 1.165) is 49.5 Å². The molecule has 7 heteroatoms. The summed E-state index contributed by atoms with van der Waals surface area (Å²) in [4.78, 5) is 17.9. The lowest BCUT2D eigenvalue weighted by atomic mass is 10.0. The molecule has 33 heavy (non-hydrogen) atoms. The fourth-order valence-corrected chi connectivity index (χ4v) is 4.54. The predicted octanol–water partition coefficient (Wildman–Crippen LogP) is 5.79. The van der Waals surface area contributed by atoms with Crippen LogP contribution >= 0.6 is 11.3 Å². The molecule has 0 saturated carbocycles. The Hall–Kier alpha value is -3.68. The molecule has 0 saturated heterocycles. The Morgan fingerprint density at radius 2 is 1.88 bits per heavy atom. The predicted molar refractivity (Wildman–Crippen MR) is 133 cm³/mol. The number of aliphatic hydroxyl groups is 1. The minimum Gasteiger partial charge on any atom is -0.392 e. The zero-order chi connectivity index (χ0) is 22.8. The average molecular weight is 454 g/mol. The SMILES string of the molecule is Cc1nc(NC(C)c2cccc(-c3cncc(CO)c3)c2)cc(-c2ccc3ncsc3c2)n1. The van der Waals surface area contributed by atoms with Crippen molar-refractivity contribution in [3.8, 4) is 22.4 Å². The number of anilines is 1. The fraction of sp³-hybridized carbons (Fsp3) is 0.154. The quantitative estimate of drug-likeness (QED) is 0.339. The molecule has 0 fully saturated rings. The Labute approximate surface area is 196 Å². The summed E-state index contributed by atoms with van der Waals surface area (Å²) in [5.74, 6) is 1.50. The molecule has 5 rings (SSSR count). The van der Waals surface area contributed by atoms with Crippen molar-refractivity contribution in [3.63, 3.8) is 0 Å². The first-order valence-corrected chi connectivity index (χ1v) is 11.6. The van der Waals surface area contributed by atoms with Crippen LogP contribution in [0.2, 0.25) is 0 Å². The standard InChI is InChI=1S/C26H23N5OS/c1-16(19-4-3-5-20(9-19)22-8-18(14-32)12-27-13-22)29-26-11-24(30-17(2)31-26)21-6-7-23-25(10-21)33-15-28-23/h3-13,15-16,32H,14H2,1-2H3,(H,29,30,31). The van der Waals surface area contributed by atoms with E-state index >= 15 is 0 Å². The third-order valence-corrected chi connectivity index (χ3v) is 6.32. The Bertz CT molecular complexity index is 1430. The van der Waals surface area contributed by atoms with Crippen LogP contribution in [0.25, 0.3) is 32.6 Å². The average Bonchev–Trinajstić information content (AvgIpc) is 3.32. The van der Waals surface area contributed by atoms with Crippen LogP contribution in [0.5, 0.6) is 0 Å². The molecule has 0 aliphatic rings. The van der Waals surface area contributed by atoms with Gasteiger partial charge in [0.25, 0.3) is 0 Å². The smallest absolute Gasteiger partial charge is 0.130 e. The van der Waals surface area contributed by atoms with Crippen molar-refractivity contribution in [1.82, 2.24) is 19.9 Å². The first-order chi connectivity index (χ1) is 16.1. The maximum Gasteiger partial charge on any atom is 0.130 e. The largest absolute Gasteiger partial charge is 0.392 e. The van der Waals surface area contributed by atoms with Gasteiger partial charge in [-0.3, -0.25) is 4.98 Å². The van der Waals surface area contributed by atoms with Gasteiger partial charge in [0.15, 0.2) is 0 Å². The second kappa shape index (κ2) is 9.05. The number of pyridine rings is 1. The van der Waals surface area contributed by atoms with Crippen molar-refractivity contribution in [2.45, 2.75) is 26.5 Å². The lowest BCUT2D eigenvalue weighted by Gasteiger charge is -2.17. The molecule has 3 aromatic heterocycles. The van der Waals surface area contributed by atoms with E-state index in [1.807, 2.05) is 42.9 Å². The molecular weight excluding hydrogens is 430 g/mol. The molecule has 3 heterocycles. The summed E-state index contributed by atoms with van der Waals surface area (Å²) in [5, 5.41) is 12.9. The van der Waals surface area contributed by atoms with Gasteiger partial charge in [0.2, 0.25) is 0 Å². The Morgan fingerprint density at radius 1 is 0.970 bits per heavy atom. The van der Waals surface area contributed by atoms with Crippen molar-refractivity contribution in [2.24, 2.45) is 0 Å². The Balaban J connectivity index is 1.41. The number of hydrogen-bond acceptors (Lipinski definition) is 7. The van der Waals surface area contributed by atoms with Gasteiger partial charge in [0.1, 0.15) is 11.6 Å². The van der Waals surface area contributed by atoms with Gasteiger partial charge in [-0.1, -0.05) is 24.3 Å². The number of nitrogens with one attached hydrogen (secondary N) is 1. The first-order valence-electron chi connectivity index (χ1n) is 10.7. The van der Waals surface area contributed by atoms with E-state index in [9.17, 15) is 5.11 Å². The van der Waals surface area contributed by atoms with E-state index in [4.69, 9.17) is 0 Å². The zero-order valence-electron chi connectivity index (χ0n) is 18.4. The molecule has 1 atom stereocenters. The van der Waals surface area contributed by atoms with Gasteiger partial charge in [-0.15, -0.1) is 11.3 Å². The molecule has 6 nitrogen and oxygen atoms in total. The van der Waals surface area contributed by atoms with Gasteiger partial charge >= 0.3 is 0 Å². The molecule has 0 bridgehead atoms. The van der Waals surface area contributed by atoms with E-state index in [1.165, 1.54) is 0 Å². The van der Waals surface area contributed by atoms with E-state index in [2.05, 4.69) is 62.5 Å². The number of benzene rings is 2. The van der Waals surface area contributed by atoms with Crippen LogP contribution in [0.4, 0.5) is 5.82 Å². The number of hydrogen-bond donors (Lipinski definition) is 2. The van der Waals surface area contributed by atoms with E-state index in [1.54, 1.807) is 17.5 Å². The fourth-order valence-electron chi connectivity index (χ4n) is 3.83. The van der Waals surface area contributed by atoms with Crippen LogP contribution < -0.4 is 5.32 Å². The van der Waals surface area contributed by atoms with Crippen molar-refractivity contribution in [2.75, 3.05) is 5.32 Å². The van der Waals surface area contributed by atoms with Crippen LogP contribution in [-0.4, -0.2) is 25.0 Å². The molecule has 0 aliphatic heterocycles. The van der Waals surface area contributed by atoms with Crippen LogP contribution in [0.15, 0.2) is 72.5 Å². The highest BCUT2D eigenvalue weighted by atomic mass is 32.1. The lowest BCUT2D eigenvalue weighted by Crippen LogP contribution is -2.09. The summed E-state index contributed by atoms with van der Waals surface area (Å²) in [6.45, 7) is 4.00. The normalized spacial score (nSPS) is 12.1. The third-order valence-electron chi connectivity index (χ3n) is 5.53. The number of fused-ring (bicyclic) bond motifs is 1. The van der Waals surface area contributed by atoms with Gasteiger partial charge < -0.3 is 10.4 Å². The molecule has 0 radical (unpaired) electrons. The highest BCUT2D eigenvalue weighted by molar-refractivity contribution is 7.16. The second-order valence-electron chi connectivity index (χ2n) is 7.95. The summed E-state index contributed by atoms with van der Waals surface area (Å²) in [7, 11) is 0. The monoisotopic (exact) mass is 453 g/mol. The topological polar surface area (TPSA) is 83.8 Å². The van der Waals surface area contributed by atoms with Gasteiger partial charge in [-0.25, -0.2) is 15.0 Å². The molecule has 1 unspecified atom stereocenters. The van der Waals surface area contributed by atoms with Crippen molar-refractivity contribution < 1.29 is 5.11 Å². The summed E-state index contributed by atoms with van der Waals surface area (Å²) in [6, 6.07) is 18.5. The number of thiazole rings is 1. The summed E-state index contributed by atoms with van der Waals surface area (Å²) >= 11 is 1.63. The van der Waals surface area contributed by atoms with Crippen LogP contribution in [0, 0.1) is 6.92 Å². The minimum absolute atomic E-state index is 0.0240. The lowest BCUT2D eigenvalue weighted by molar-refractivity contribution is 0.281. The number of aliphatic hydroxyl groups excluding tert-OH is 1. The first kappa shape index (κ1) is 21.2. The molecular formula is C26H23N5OS. The van der Waals surface area contributed by atoms with Gasteiger partial charge in [-0.05, 0) is 54.8 Å². The second-order valence-corrected chi connectivity index (χ2v) is 8.84. The van der Waals surface area contributed by atoms with Gasteiger partial charge in [0.05, 0.1) is 28.0 Å². The summed E-state index contributed by atoms with van der Waals surface area (Å²) in [5.41, 5.74) is 8.75. The minimum atomic E-state index is -0.0240. The maximum atomic E-state index is 9.42. The van der Waals surface area contributed by atoms with Crippen LogP contribution in [0.3, 0.4) is 0 Å².